The summed E-state index contributed by atoms with van der Waals surface area (Å²) in [6.45, 7) is 10.1. The van der Waals surface area contributed by atoms with Gasteiger partial charge in [-0.15, -0.1) is 0 Å². The van der Waals surface area contributed by atoms with Crippen LogP contribution in [-0.2, 0) is 4.79 Å². The van der Waals surface area contributed by atoms with Gasteiger partial charge in [0.25, 0.3) is 5.91 Å². The number of carbonyl (C=O) groups is 2. The number of nitrogens with one attached hydrogen (secondary N) is 2. The fourth-order valence-electron chi connectivity index (χ4n) is 3.65. The standard InChI is InChI=1S/C28H33N3O2S/c1-5-31(24-9-6-8-21(3)18-24)17-7-16-29-28(33)23-12-15-27(26(19-23)30-22(4)32)34-25-13-10-20(2)11-14-25/h6,8-15,18-19H,5,7,16-17H2,1-4H3,(H,29,33)(H,30,32). The van der Waals surface area contributed by atoms with E-state index in [1.165, 1.54) is 23.7 Å². The minimum Gasteiger partial charge on any atom is -0.372 e. The highest BCUT2D eigenvalue weighted by atomic mass is 32.2. The first-order valence-corrected chi connectivity index (χ1v) is 12.4. The second kappa shape index (κ2) is 12.3. The molecule has 34 heavy (non-hydrogen) atoms. The van der Waals surface area contributed by atoms with Crippen LogP contribution in [0.5, 0.6) is 0 Å². The van der Waals surface area contributed by atoms with Crippen LogP contribution in [0.3, 0.4) is 0 Å². The lowest BCUT2D eigenvalue weighted by Crippen LogP contribution is -2.30. The smallest absolute Gasteiger partial charge is 0.251 e. The normalized spacial score (nSPS) is 10.6. The van der Waals surface area contributed by atoms with Crippen molar-refractivity contribution < 1.29 is 9.59 Å². The van der Waals surface area contributed by atoms with E-state index in [0.29, 0.717) is 17.8 Å². The van der Waals surface area contributed by atoms with Crippen LogP contribution in [0, 0.1) is 13.8 Å². The van der Waals surface area contributed by atoms with Gasteiger partial charge in [-0.2, -0.15) is 0 Å². The summed E-state index contributed by atoms with van der Waals surface area (Å²) >= 11 is 1.56. The summed E-state index contributed by atoms with van der Waals surface area (Å²) in [5.74, 6) is -0.309. The molecule has 0 saturated heterocycles. The van der Waals surface area contributed by atoms with E-state index in [9.17, 15) is 9.59 Å². The minimum absolute atomic E-state index is 0.142. The first kappa shape index (κ1) is 25.4. The van der Waals surface area contributed by atoms with E-state index in [4.69, 9.17) is 0 Å². The SMILES string of the molecule is CCN(CCCNC(=O)c1ccc(Sc2ccc(C)cc2)c(NC(C)=O)c1)c1cccc(C)c1. The Hall–Kier alpha value is -3.25. The lowest BCUT2D eigenvalue weighted by Gasteiger charge is -2.23. The van der Waals surface area contributed by atoms with Gasteiger partial charge < -0.3 is 15.5 Å². The second-order valence-electron chi connectivity index (χ2n) is 8.34. The Balaban J connectivity index is 1.61. The Morgan fingerprint density at radius 1 is 0.941 bits per heavy atom. The number of rotatable bonds is 10. The molecule has 0 spiro atoms. The van der Waals surface area contributed by atoms with Gasteiger partial charge in [0.2, 0.25) is 5.91 Å². The molecule has 0 unspecified atom stereocenters. The van der Waals surface area contributed by atoms with Gasteiger partial charge >= 0.3 is 0 Å². The Bertz CT molecular complexity index is 1130. The van der Waals surface area contributed by atoms with Crippen molar-refractivity contribution in [1.29, 1.82) is 0 Å². The summed E-state index contributed by atoms with van der Waals surface area (Å²) in [5, 5.41) is 5.88. The van der Waals surface area contributed by atoms with Crippen molar-refractivity contribution in [3.63, 3.8) is 0 Å². The molecule has 3 aromatic carbocycles. The quantitative estimate of drug-likeness (QED) is 0.350. The topological polar surface area (TPSA) is 61.4 Å². The molecule has 6 heteroatoms. The van der Waals surface area contributed by atoms with Gasteiger partial charge in [-0.1, -0.05) is 41.6 Å². The maximum atomic E-state index is 12.8. The molecule has 0 heterocycles. The van der Waals surface area contributed by atoms with Crippen molar-refractivity contribution in [3.8, 4) is 0 Å². The number of amides is 2. The van der Waals surface area contributed by atoms with Crippen LogP contribution in [0.2, 0.25) is 0 Å². The average molecular weight is 476 g/mol. The molecule has 0 bridgehead atoms. The van der Waals surface area contributed by atoms with E-state index >= 15 is 0 Å². The Morgan fingerprint density at radius 2 is 1.71 bits per heavy atom. The fourth-order valence-corrected chi connectivity index (χ4v) is 4.53. The fraction of sp³-hybridized carbons (Fsp3) is 0.286. The lowest BCUT2D eigenvalue weighted by molar-refractivity contribution is -0.114. The van der Waals surface area contributed by atoms with Crippen LogP contribution >= 0.6 is 11.8 Å². The van der Waals surface area contributed by atoms with Crippen LogP contribution in [0.1, 0.15) is 41.8 Å². The molecule has 2 N–H and O–H groups in total. The zero-order valence-electron chi connectivity index (χ0n) is 20.4. The average Bonchev–Trinajstić information content (AvgIpc) is 2.81. The molecule has 0 atom stereocenters. The van der Waals surface area contributed by atoms with Gasteiger partial charge in [0.05, 0.1) is 5.69 Å². The molecule has 0 aliphatic heterocycles. The number of nitrogens with zero attached hydrogens (tertiary/aromatic N) is 1. The number of hydrogen-bond donors (Lipinski definition) is 2. The zero-order chi connectivity index (χ0) is 24.5. The van der Waals surface area contributed by atoms with E-state index in [1.807, 2.05) is 19.1 Å². The highest BCUT2D eigenvalue weighted by Gasteiger charge is 2.12. The summed E-state index contributed by atoms with van der Waals surface area (Å²) in [4.78, 5) is 28.8. The third-order valence-electron chi connectivity index (χ3n) is 5.44. The maximum absolute atomic E-state index is 12.8. The third-order valence-corrected chi connectivity index (χ3v) is 6.52. The van der Waals surface area contributed by atoms with Crippen LogP contribution < -0.4 is 15.5 Å². The number of benzene rings is 3. The lowest BCUT2D eigenvalue weighted by atomic mass is 10.1. The molecule has 0 radical (unpaired) electrons. The molecule has 0 aromatic heterocycles. The molecule has 2 amide bonds. The maximum Gasteiger partial charge on any atom is 0.251 e. The molecule has 0 aliphatic carbocycles. The van der Waals surface area contributed by atoms with Crippen LogP contribution in [0.4, 0.5) is 11.4 Å². The molecule has 3 aromatic rings. The number of hydrogen-bond acceptors (Lipinski definition) is 4. The summed E-state index contributed by atoms with van der Waals surface area (Å²) in [6, 6.07) is 22.1. The van der Waals surface area contributed by atoms with Crippen molar-refractivity contribution in [1.82, 2.24) is 5.32 Å². The number of aryl methyl sites for hydroxylation is 2. The first-order valence-electron chi connectivity index (χ1n) is 11.6. The van der Waals surface area contributed by atoms with Gasteiger partial charge in [-0.25, -0.2) is 0 Å². The predicted octanol–water partition coefficient (Wildman–Crippen LogP) is 6.06. The van der Waals surface area contributed by atoms with Crippen molar-refractivity contribution in [2.75, 3.05) is 29.9 Å². The van der Waals surface area contributed by atoms with Gasteiger partial charge in [0.15, 0.2) is 0 Å². The van der Waals surface area contributed by atoms with Gasteiger partial charge in [0, 0.05) is 47.6 Å². The third kappa shape index (κ3) is 7.39. The Kier molecular flexibility index (Phi) is 9.16. The van der Waals surface area contributed by atoms with Crippen molar-refractivity contribution in [3.05, 3.63) is 83.4 Å². The van der Waals surface area contributed by atoms with Crippen molar-refractivity contribution >= 4 is 35.0 Å². The van der Waals surface area contributed by atoms with Crippen molar-refractivity contribution in [2.45, 2.75) is 43.9 Å². The first-order chi connectivity index (χ1) is 16.4. The molecule has 3 rings (SSSR count). The molecular formula is C28H33N3O2S. The van der Waals surface area contributed by atoms with Crippen molar-refractivity contribution in [2.24, 2.45) is 0 Å². The van der Waals surface area contributed by atoms with Crippen LogP contribution in [0.15, 0.2) is 76.5 Å². The molecule has 0 aliphatic rings. The number of carbonyl (C=O) groups excluding carboxylic acids is 2. The van der Waals surface area contributed by atoms with E-state index in [-0.39, 0.29) is 11.8 Å². The molecule has 0 saturated carbocycles. The van der Waals surface area contributed by atoms with Gasteiger partial charge in [-0.05, 0) is 75.2 Å². The van der Waals surface area contributed by atoms with Gasteiger partial charge in [0.1, 0.15) is 0 Å². The zero-order valence-corrected chi connectivity index (χ0v) is 21.2. The highest BCUT2D eigenvalue weighted by Crippen LogP contribution is 2.34. The number of anilines is 2. The molecule has 178 valence electrons. The van der Waals surface area contributed by atoms with Crippen LogP contribution in [-0.4, -0.2) is 31.4 Å². The Labute approximate surface area is 207 Å². The highest BCUT2D eigenvalue weighted by molar-refractivity contribution is 7.99. The minimum atomic E-state index is -0.167. The summed E-state index contributed by atoms with van der Waals surface area (Å²) in [7, 11) is 0. The predicted molar refractivity (Wildman–Crippen MR) is 142 cm³/mol. The Morgan fingerprint density at radius 3 is 2.38 bits per heavy atom. The monoisotopic (exact) mass is 475 g/mol. The molecule has 0 fully saturated rings. The van der Waals surface area contributed by atoms with Gasteiger partial charge in [-0.3, -0.25) is 9.59 Å². The largest absolute Gasteiger partial charge is 0.372 e. The summed E-state index contributed by atoms with van der Waals surface area (Å²) in [5.41, 5.74) is 4.81. The van der Waals surface area contributed by atoms with E-state index in [0.717, 1.165) is 29.3 Å². The van der Waals surface area contributed by atoms with E-state index < -0.39 is 0 Å². The summed E-state index contributed by atoms with van der Waals surface area (Å²) < 4.78 is 0. The molecular weight excluding hydrogens is 442 g/mol. The molecule has 5 nitrogen and oxygen atoms in total. The summed E-state index contributed by atoms with van der Waals surface area (Å²) in [6.07, 6.45) is 0.841. The van der Waals surface area contributed by atoms with Crippen LogP contribution in [0.25, 0.3) is 0 Å². The second-order valence-corrected chi connectivity index (χ2v) is 9.45. The van der Waals surface area contributed by atoms with E-state index in [2.05, 4.69) is 77.9 Å². The van der Waals surface area contributed by atoms with E-state index in [1.54, 1.807) is 17.8 Å².